The molecule has 3 atom stereocenters. The maximum atomic E-state index is 6.20. The molecule has 3 unspecified atom stereocenters. The van der Waals surface area contributed by atoms with E-state index >= 15 is 0 Å². The summed E-state index contributed by atoms with van der Waals surface area (Å²) in [5.74, 6) is 2.45. The van der Waals surface area contributed by atoms with E-state index in [1.54, 1.807) is 0 Å². The Morgan fingerprint density at radius 2 is 1.79 bits per heavy atom. The van der Waals surface area contributed by atoms with E-state index in [4.69, 9.17) is 10.5 Å². The molecule has 1 saturated carbocycles. The molecule has 4 heteroatoms. The third kappa shape index (κ3) is 3.73. The van der Waals surface area contributed by atoms with Gasteiger partial charge in [-0.2, -0.15) is 0 Å². The van der Waals surface area contributed by atoms with E-state index in [-0.39, 0.29) is 0 Å². The molecule has 0 bridgehead atoms. The maximum absolute atomic E-state index is 6.20. The van der Waals surface area contributed by atoms with Crippen molar-refractivity contribution < 1.29 is 4.74 Å². The Balaban J connectivity index is 2.11. The zero-order valence-corrected chi connectivity index (χ0v) is 14.6. The van der Waals surface area contributed by atoms with Crippen molar-refractivity contribution in [2.45, 2.75) is 45.8 Å². The molecule has 0 amide bonds. The summed E-state index contributed by atoms with van der Waals surface area (Å²) >= 11 is 7.16. The monoisotopic (exact) mass is 389 g/mol. The van der Waals surface area contributed by atoms with E-state index in [2.05, 4.69) is 45.7 Å². The molecule has 0 spiro atoms. The Labute approximate surface area is 132 Å². The average molecular weight is 391 g/mol. The van der Waals surface area contributed by atoms with Gasteiger partial charge in [0.15, 0.2) is 0 Å². The van der Waals surface area contributed by atoms with Crippen LogP contribution in [0.15, 0.2) is 21.1 Å². The fourth-order valence-corrected chi connectivity index (χ4v) is 4.08. The Kier molecular flexibility index (Phi) is 5.32. The summed E-state index contributed by atoms with van der Waals surface area (Å²) in [6.07, 6.45) is 3.85. The quantitative estimate of drug-likeness (QED) is 0.798. The van der Waals surface area contributed by atoms with Crippen molar-refractivity contribution in [2.24, 2.45) is 17.6 Å². The van der Waals surface area contributed by atoms with Crippen LogP contribution < -0.4 is 10.5 Å². The number of benzene rings is 1. The van der Waals surface area contributed by atoms with Crippen molar-refractivity contribution in [3.63, 3.8) is 0 Å². The van der Waals surface area contributed by atoms with Crippen LogP contribution in [0, 0.1) is 11.8 Å². The number of nitrogens with two attached hydrogens (primary N) is 1. The topological polar surface area (TPSA) is 35.2 Å². The highest BCUT2D eigenvalue weighted by Gasteiger charge is 2.26. The van der Waals surface area contributed by atoms with Gasteiger partial charge in [-0.15, -0.1) is 0 Å². The van der Waals surface area contributed by atoms with Crippen molar-refractivity contribution in [3.8, 4) is 5.75 Å². The highest BCUT2D eigenvalue weighted by molar-refractivity contribution is 9.11. The van der Waals surface area contributed by atoms with Gasteiger partial charge >= 0.3 is 0 Å². The molecule has 1 aliphatic rings. The number of halogens is 2. The number of hydrogen-bond acceptors (Lipinski definition) is 2. The van der Waals surface area contributed by atoms with Crippen molar-refractivity contribution in [1.82, 2.24) is 0 Å². The average Bonchev–Trinajstić information content (AvgIpc) is 2.37. The largest absolute Gasteiger partial charge is 0.488 e. The predicted molar refractivity (Wildman–Crippen MR) is 86.3 cm³/mol. The first-order valence-corrected chi connectivity index (χ1v) is 8.44. The standard InChI is InChI=1S/C15H21Br2NO/c1-9-3-4-12(5-10(9)2)19-15-13(16)6-11(8-18)7-14(15)17/h6-7,9-10,12H,3-5,8,18H2,1-2H3. The van der Waals surface area contributed by atoms with E-state index < -0.39 is 0 Å². The lowest BCUT2D eigenvalue weighted by Gasteiger charge is -2.32. The molecule has 0 heterocycles. The van der Waals surface area contributed by atoms with Gasteiger partial charge in [0, 0.05) is 6.54 Å². The minimum absolute atomic E-state index is 0.322. The normalized spacial score (nSPS) is 27.3. The molecule has 106 valence electrons. The summed E-state index contributed by atoms with van der Waals surface area (Å²) in [7, 11) is 0. The first-order valence-electron chi connectivity index (χ1n) is 6.86. The van der Waals surface area contributed by atoms with Gasteiger partial charge < -0.3 is 10.5 Å². The summed E-state index contributed by atoms with van der Waals surface area (Å²) in [5, 5.41) is 0. The Hall–Kier alpha value is -0.0600. The zero-order valence-electron chi connectivity index (χ0n) is 11.5. The Bertz CT molecular complexity index is 427. The molecule has 2 rings (SSSR count). The van der Waals surface area contributed by atoms with Gasteiger partial charge in [-0.3, -0.25) is 0 Å². The van der Waals surface area contributed by atoms with Crippen LogP contribution >= 0.6 is 31.9 Å². The molecule has 0 saturated heterocycles. The lowest BCUT2D eigenvalue weighted by molar-refractivity contribution is 0.0992. The van der Waals surface area contributed by atoms with E-state index in [0.29, 0.717) is 12.6 Å². The van der Waals surface area contributed by atoms with Crippen LogP contribution in [0.1, 0.15) is 38.7 Å². The van der Waals surface area contributed by atoms with Crippen molar-refractivity contribution in [2.75, 3.05) is 0 Å². The van der Waals surface area contributed by atoms with Crippen LogP contribution in [-0.4, -0.2) is 6.10 Å². The van der Waals surface area contributed by atoms with Gasteiger partial charge in [0.05, 0.1) is 15.0 Å². The molecule has 2 nitrogen and oxygen atoms in total. The Morgan fingerprint density at radius 1 is 1.16 bits per heavy atom. The van der Waals surface area contributed by atoms with Gasteiger partial charge in [-0.25, -0.2) is 0 Å². The highest BCUT2D eigenvalue weighted by atomic mass is 79.9. The van der Waals surface area contributed by atoms with E-state index in [1.165, 1.54) is 6.42 Å². The van der Waals surface area contributed by atoms with Crippen LogP contribution in [0.25, 0.3) is 0 Å². The van der Waals surface area contributed by atoms with Crippen LogP contribution in [0.2, 0.25) is 0 Å². The van der Waals surface area contributed by atoms with Crippen LogP contribution in [0.4, 0.5) is 0 Å². The van der Waals surface area contributed by atoms with Gasteiger partial charge in [-0.05, 0) is 80.7 Å². The van der Waals surface area contributed by atoms with Crippen molar-refractivity contribution >= 4 is 31.9 Å². The summed E-state index contributed by atoms with van der Waals surface area (Å²) in [6.45, 7) is 5.19. The fraction of sp³-hybridized carbons (Fsp3) is 0.600. The molecule has 1 fully saturated rings. The molecular formula is C15H21Br2NO. The summed E-state index contributed by atoms with van der Waals surface area (Å²) in [4.78, 5) is 0. The van der Waals surface area contributed by atoms with Gasteiger partial charge in [0.2, 0.25) is 0 Å². The van der Waals surface area contributed by atoms with Gasteiger partial charge in [0.1, 0.15) is 5.75 Å². The second-order valence-corrected chi connectivity index (χ2v) is 7.31. The summed E-state index contributed by atoms with van der Waals surface area (Å²) in [5.41, 5.74) is 6.77. The molecule has 19 heavy (non-hydrogen) atoms. The van der Waals surface area contributed by atoms with Crippen molar-refractivity contribution in [1.29, 1.82) is 0 Å². The molecule has 0 aliphatic heterocycles. The second kappa shape index (κ2) is 6.59. The van der Waals surface area contributed by atoms with Crippen molar-refractivity contribution in [3.05, 3.63) is 26.6 Å². The van der Waals surface area contributed by atoms with Crippen LogP contribution in [0.3, 0.4) is 0 Å². The minimum atomic E-state index is 0.322. The maximum Gasteiger partial charge on any atom is 0.148 e. The molecular weight excluding hydrogens is 370 g/mol. The van der Waals surface area contributed by atoms with Gasteiger partial charge in [0.25, 0.3) is 0 Å². The number of rotatable bonds is 3. The lowest BCUT2D eigenvalue weighted by Crippen LogP contribution is -2.29. The SMILES string of the molecule is CC1CCC(Oc2c(Br)cc(CN)cc2Br)CC1C. The molecule has 0 radical (unpaired) electrons. The summed E-state index contributed by atoms with van der Waals surface area (Å²) in [6, 6.07) is 4.07. The number of hydrogen-bond donors (Lipinski definition) is 1. The lowest BCUT2D eigenvalue weighted by atomic mass is 9.80. The minimum Gasteiger partial charge on any atom is -0.488 e. The smallest absolute Gasteiger partial charge is 0.148 e. The van der Waals surface area contributed by atoms with E-state index in [9.17, 15) is 0 Å². The summed E-state index contributed by atoms with van der Waals surface area (Å²) < 4.78 is 8.16. The highest BCUT2D eigenvalue weighted by Crippen LogP contribution is 2.38. The molecule has 1 aliphatic carbocycles. The first kappa shape index (κ1) is 15.3. The van der Waals surface area contributed by atoms with E-state index in [1.807, 2.05) is 12.1 Å². The Morgan fingerprint density at radius 3 is 2.32 bits per heavy atom. The van der Waals surface area contributed by atoms with Gasteiger partial charge in [-0.1, -0.05) is 13.8 Å². The van der Waals surface area contributed by atoms with Crippen LogP contribution in [-0.2, 0) is 6.54 Å². The van der Waals surface area contributed by atoms with Crippen LogP contribution in [0.5, 0.6) is 5.75 Å². The third-order valence-electron chi connectivity index (χ3n) is 4.13. The molecule has 1 aromatic rings. The predicted octanol–water partition coefficient (Wildman–Crippen LogP) is 4.87. The molecule has 0 aromatic heterocycles. The molecule has 1 aromatic carbocycles. The molecule has 2 N–H and O–H groups in total. The number of ether oxygens (including phenoxy) is 1. The third-order valence-corrected chi connectivity index (χ3v) is 5.31. The second-order valence-electron chi connectivity index (χ2n) is 5.60. The zero-order chi connectivity index (χ0) is 14.0. The van der Waals surface area contributed by atoms with E-state index in [0.717, 1.165) is 44.9 Å². The fourth-order valence-electron chi connectivity index (χ4n) is 2.61. The first-order chi connectivity index (χ1) is 9.01.